The standard InChI is InChI=1S/C23H25NO5/c1-28-15-10-14(11-15)21(12-22(25)26)24-23(27)29-13-20-18-8-4-2-6-16(18)17-7-3-5-9-19(17)20/h2-9,14-15,20-21H,10-13H2,1H3,(H,24,27)(H,25,26)/t14?,15?,21-/m1/s1. The average Bonchev–Trinajstić information content (AvgIpc) is 2.99. The summed E-state index contributed by atoms with van der Waals surface area (Å²) in [5, 5.41) is 12.0. The summed E-state index contributed by atoms with van der Waals surface area (Å²) >= 11 is 0. The van der Waals surface area contributed by atoms with Crippen LogP contribution in [0.15, 0.2) is 48.5 Å². The number of carboxylic acids is 1. The lowest BCUT2D eigenvalue weighted by atomic mass is 9.76. The molecule has 0 aliphatic heterocycles. The molecule has 0 saturated heterocycles. The maximum atomic E-state index is 12.5. The summed E-state index contributed by atoms with van der Waals surface area (Å²) in [7, 11) is 1.64. The number of amides is 1. The SMILES string of the molecule is COC1CC([C@@H](CC(=O)O)NC(=O)OCC2c3ccccc3-c3ccccc32)C1. The van der Waals surface area contributed by atoms with E-state index >= 15 is 0 Å². The molecular formula is C23H25NO5. The van der Waals surface area contributed by atoms with E-state index in [0.717, 1.165) is 24.0 Å². The maximum Gasteiger partial charge on any atom is 0.407 e. The zero-order valence-corrected chi connectivity index (χ0v) is 16.3. The van der Waals surface area contributed by atoms with Crippen LogP contribution in [0, 0.1) is 5.92 Å². The number of ether oxygens (including phenoxy) is 2. The van der Waals surface area contributed by atoms with Crippen LogP contribution in [0.25, 0.3) is 11.1 Å². The van der Waals surface area contributed by atoms with E-state index in [1.165, 1.54) is 11.1 Å². The average molecular weight is 395 g/mol. The van der Waals surface area contributed by atoms with Crippen LogP contribution in [-0.4, -0.2) is 43.0 Å². The molecule has 1 fully saturated rings. The van der Waals surface area contributed by atoms with E-state index in [2.05, 4.69) is 29.6 Å². The van der Waals surface area contributed by atoms with Crippen molar-refractivity contribution in [2.75, 3.05) is 13.7 Å². The monoisotopic (exact) mass is 395 g/mol. The molecule has 0 spiro atoms. The highest BCUT2D eigenvalue weighted by Crippen LogP contribution is 2.44. The Balaban J connectivity index is 1.41. The topological polar surface area (TPSA) is 84.9 Å². The predicted octanol–water partition coefficient (Wildman–Crippen LogP) is 3.79. The second-order valence-corrected chi connectivity index (χ2v) is 7.76. The number of hydrogen-bond donors (Lipinski definition) is 2. The van der Waals surface area contributed by atoms with E-state index in [1.54, 1.807) is 7.11 Å². The van der Waals surface area contributed by atoms with Crippen molar-refractivity contribution in [3.8, 4) is 11.1 Å². The minimum Gasteiger partial charge on any atom is -0.481 e. The Kier molecular flexibility index (Phi) is 5.53. The van der Waals surface area contributed by atoms with E-state index < -0.39 is 18.1 Å². The van der Waals surface area contributed by atoms with Crippen molar-refractivity contribution in [3.05, 3.63) is 59.7 Å². The van der Waals surface area contributed by atoms with Gasteiger partial charge in [-0.15, -0.1) is 0 Å². The molecule has 29 heavy (non-hydrogen) atoms. The molecule has 1 atom stereocenters. The third-order valence-corrected chi connectivity index (χ3v) is 6.08. The lowest BCUT2D eigenvalue weighted by molar-refractivity contribution is -0.138. The second-order valence-electron chi connectivity index (χ2n) is 7.76. The third kappa shape index (κ3) is 3.98. The molecular weight excluding hydrogens is 370 g/mol. The van der Waals surface area contributed by atoms with Gasteiger partial charge in [-0.25, -0.2) is 4.79 Å². The van der Waals surface area contributed by atoms with Crippen molar-refractivity contribution in [1.29, 1.82) is 0 Å². The normalized spacial score (nSPS) is 20.9. The van der Waals surface area contributed by atoms with E-state index in [9.17, 15) is 14.7 Å². The third-order valence-electron chi connectivity index (χ3n) is 6.08. The molecule has 0 radical (unpaired) electrons. The smallest absolute Gasteiger partial charge is 0.407 e. The largest absolute Gasteiger partial charge is 0.481 e. The van der Waals surface area contributed by atoms with Gasteiger partial charge in [0, 0.05) is 19.1 Å². The van der Waals surface area contributed by atoms with E-state index in [4.69, 9.17) is 9.47 Å². The van der Waals surface area contributed by atoms with Crippen LogP contribution in [-0.2, 0) is 14.3 Å². The van der Waals surface area contributed by atoms with Gasteiger partial charge in [0.05, 0.1) is 12.5 Å². The fraction of sp³-hybridized carbons (Fsp3) is 0.391. The number of carbonyl (C=O) groups excluding carboxylic acids is 1. The van der Waals surface area contributed by atoms with Gasteiger partial charge in [0.2, 0.25) is 0 Å². The highest BCUT2D eigenvalue weighted by atomic mass is 16.5. The molecule has 6 nitrogen and oxygen atoms in total. The van der Waals surface area contributed by atoms with Crippen molar-refractivity contribution >= 4 is 12.1 Å². The van der Waals surface area contributed by atoms with Gasteiger partial charge in [0.25, 0.3) is 0 Å². The number of hydrogen-bond acceptors (Lipinski definition) is 4. The highest BCUT2D eigenvalue weighted by molar-refractivity contribution is 5.79. The number of aliphatic carboxylic acids is 1. The van der Waals surface area contributed by atoms with Crippen molar-refractivity contribution in [1.82, 2.24) is 5.32 Å². The van der Waals surface area contributed by atoms with E-state index in [0.29, 0.717) is 0 Å². The Morgan fingerprint density at radius 2 is 1.66 bits per heavy atom. The van der Waals surface area contributed by atoms with Gasteiger partial charge in [0.15, 0.2) is 0 Å². The van der Waals surface area contributed by atoms with Crippen LogP contribution in [0.2, 0.25) is 0 Å². The molecule has 6 heteroatoms. The molecule has 0 heterocycles. The van der Waals surface area contributed by atoms with Crippen molar-refractivity contribution in [3.63, 3.8) is 0 Å². The van der Waals surface area contributed by atoms with Crippen LogP contribution in [0.3, 0.4) is 0 Å². The summed E-state index contributed by atoms with van der Waals surface area (Å²) in [4.78, 5) is 23.7. The van der Waals surface area contributed by atoms with Gasteiger partial charge in [-0.3, -0.25) is 4.79 Å². The van der Waals surface area contributed by atoms with E-state index in [-0.39, 0.29) is 31.0 Å². The second kappa shape index (κ2) is 8.25. The quantitative estimate of drug-likeness (QED) is 0.745. The molecule has 2 aromatic rings. The summed E-state index contributed by atoms with van der Waals surface area (Å²) in [6, 6.07) is 15.8. The first kappa shape index (κ1) is 19.5. The van der Waals surface area contributed by atoms with Gasteiger partial charge in [0.1, 0.15) is 6.61 Å². The molecule has 2 aromatic carbocycles. The molecule has 0 unspecified atom stereocenters. The molecule has 2 aliphatic carbocycles. The summed E-state index contributed by atoms with van der Waals surface area (Å²) in [5.74, 6) is -0.862. The zero-order valence-electron chi connectivity index (χ0n) is 16.3. The number of carbonyl (C=O) groups is 2. The molecule has 0 aromatic heterocycles. The Labute approximate surface area is 169 Å². The van der Waals surface area contributed by atoms with Crippen molar-refractivity contribution in [2.45, 2.75) is 37.3 Å². The van der Waals surface area contributed by atoms with Crippen molar-refractivity contribution < 1.29 is 24.2 Å². The molecule has 4 rings (SSSR count). The van der Waals surface area contributed by atoms with Gasteiger partial charge >= 0.3 is 12.1 Å². The molecule has 0 bridgehead atoms. The molecule has 152 valence electrons. The summed E-state index contributed by atoms with van der Waals surface area (Å²) in [5.41, 5.74) is 4.62. The number of methoxy groups -OCH3 is 1. The first-order valence-corrected chi connectivity index (χ1v) is 9.93. The Morgan fingerprint density at radius 1 is 1.07 bits per heavy atom. The molecule has 1 amide bonds. The van der Waals surface area contributed by atoms with Crippen molar-refractivity contribution in [2.24, 2.45) is 5.92 Å². The Morgan fingerprint density at radius 3 is 2.21 bits per heavy atom. The number of nitrogens with one attached hydrogen (secondary N) is 1. The van der Waals surface area contributed by atoms with Gasteiger partial charge in [-0.1, -0.05) is 48.5 Å². The van der Waals surface area contributed by atoms with Gasteiger partial charge in [-0.05, 0) is 41.0 Å². The van der Waals surface area contributed by atoms with Crippen LogP contribution < -0.4 is 5.32 Å². The van der Waals surface area contributed by atoms with Crippen LogP contribution in [0.4, 0.5) is 4.79 Å². The van der Waals surface area contributed by atoms with Crippen LogP contribution >= 0.6 is 0 Å². The molecule has 2 N–H and O–H groups in total. The maximum absolute atomic E-state index is 12.5. The molecule has 2 aliphatic rings. The lowest BCUT2D eigenvalue weighted by Gasteiger charge is -2.39. The van der Waals surface area contributed by atoms with E-state index in [1.807, 2.05) is 24.3 Å². The first-order valence-electron chi connectivity index (χ1n) is 9.93. The number of fused-ring (bicyclic) bond motifs is 3. The summed E-state index contributed by atoms with van der Waals surface area (Å²) in [6.07, 6.45) is 0.946. The Bertz CT molecular complexity index is 860. The number of rotatable bonds is 7. The summed E-state index contributed by atoms with van der Waals surface area (Å²) in [6.45, 7) is 0.213. The minimum absolute atomic E-state index is 0.0207. The fourth-order valence-electron chi connectivity index (χ4n) is 4.44. The summed E-state index contributed by atoms with van der Waals surface area (Å²) < 4.78 is 10.8. The number of benzene rings is 2. The fourth-order valence-corrected chi connectivity index (χ4v) is 4.44. The van der Waals surface area contributed by atoms with Crippen LogP contribution in [0.5, 0.6) is 0 Å². The lowest BCUT2D eigenvalue weighted by Crippen LogP contribution is -2.48. The van der Waals surface area contributed by atoms with Gasteiger partial charge in [-0.2, -0.15) is 0 Å². The highest BCUT2D eigenvalue weighted by Gasteiger charge is 2.37. The number of carboxylic acid groups (broad SMARTS) is 1. The first-order chi connectivity index (χ1) is 14.1. The molecule has 1 saturated carbocycles. The zero-order chi connectivity index (χ0) is 20.4. The minimum atomic E-state index is -0.935. The predicted molar refractivity (Wildman–Crippen MR) is 108 cm³/mol. The number of alkyl carbamates (subject to hydrolysis) is 1. The van der Waals surface area contributed by atoms with Gasteiger partial charge < -0.3 is 19.9 Å². The van der Waals surface area contributed by atoms with Crippen LogP contribution in [0.1, 0.15) is 36.3 Å². The Hall–Kier alpha value is -2.86.